The Kier molecular flexibility index (Phi) is 4.54. The summed E-state index contributed by atoms with van der Waals surface area (Å²) in [4.78, 5) is 2.39. The molecule has 2 atom stereocenters. The maximum atomic E-state index is 9.28. The van der Waals surface area contributed by atoms with E-state index in [1.54, 1.807) is 0 Å². The van der Waals surface area contributed by atoms with Crippen LogP contribution in [0.25, 0.3) is 0 Å². The van der Waals surface area contributed by atoms with Crippen molar-refractivity contribution in [3.8, 4) is 0 Å². The van der Waals surface area contributed by atoms with Gasteiger partial charge < -0.3 is 9.84 Å². The minimum Gasteiger partial charge on any atom is -0.396 e. The Morgan fingerprint density at radius 1 is 1.29 bits per heavy atom. The topological polar surface area (TPSA) is 32.7 Å². The molecule has 0 bridgehead atoms. The van der Waals surface area contributed by atoms with Crippen molar-refractivity contribution in [2.45, 2.75) is 19.5 Å². The molecular weight excluding hydrogens is 214 g/mol. The largest absolute Gasteiger partial charge is 0.396 e. The number of rotatable bonds is 3. The van der Waals surface area contributed by atoms with E-state index in [1.165, 1.54) is 5.56 Å². The smallest absolute Gasteiger partial charge is 0.0619 e. The van der Waals surface area contributed by atoms with Gasteiger partial charge in [0.25, 0.3) is 0 Å². The van der Waals surface area contributed by atoms with Gasteiger partial charge in [0.05, 0.1) is 13.2 Å². The molecule has 1 fully saturated rings. The Morgan fingerprint density at radius 2 is 2.06 bits per heavy atom. The molecule has 1 aliphatic rings. The van der Waals surface area contributed by atoms with Crippen molar-refractivity contribution in [2.75, 3.05) is 26.4 Å². The maximum absolute atomic E-state index is 9.28. The highest BCUT2D eigenvalue weighted by atomic mass is 16.5. The molecule has 0 saturated carbocycles. The Morgan fingerprint density at radius 3 is 2.76 bits per heavy atom. The molecule has 94 valence electrons. The van der Waals surface area contributed by atoms with Crippen molar-refractivity contribution in [1.29, 1.82) is 0 Å². The van der Waals surface area contributed by atoms with E-state index in [4.69, 9.17) is 4.74 Å². The van der Waals surface area contributed by atoms with Crippen molar-refractivity contribution < 1.29 is 9.84 Å². The van der Waals surface area contributed by atoms with Crippen LogP contribution in [0, 0.1) is 5.92 Å². The van der Waals surface area contributed by atoms with E-state index in [9.17, 15) is 5.11 Å². The van der Waals surface area contributed by atoms with E-state index >= 15 is 0 Å². The van der Waals surface area contributed by atoms with Gasteiger partial charge in [0.1, 0.15) is 0 Å². The molecule has 3 nitrogen and oxygen atoms in total. The molecule has 2 rings (SSSR count). The second-order valence-corrected chi connectivity index (χ2v) is 4.85. The van der Waals surface area contributed by atoms with Gasteiger partial charge in [0.2, 0.25) is 0 Å². The summed E-state index contributed by atoms with van der Waals surface area (Å²) < 4.78 is 5.58. The van der Waals surface area contributed by atoms with Crippen LogP contribution in [-0.2, 0) is 11.3 Å². The number of nitrogens with zero attached hydrogens (tertiary/aromatic N) is 1. The summed E-state index contributed by atoms with van der Waals surface area (Å²) in [6.07, 6.45) is 0. The first-order valence-corrected chi connectivity index (χ1v) is 6.26. The summed E-state index contributed by atoms with van der Waals surface area (Å²) in [6, 6.07) is 10.9. The van der Waals surface area contributed by atoms with Crippen molar-refractivity contribution in [3.05, 3.63) is 35.9 Å². The second-order valence-electron chi connectivity index (χ2n) is 4.85. The lowest BCUT2D eigenvalue weighted by Gasteiger charge is -2.27. The second kappa shape index (κ2) is 6.15. The molecule has 1 aliphatic heterocycles. The van der Waals surface area contributed by atoms with Crippen LogP contribution in [0.4, 0.5) is 0 Å². The van der Waals surface area contributed by atoms with Crippen molar-refractivity contribution >= 4 is 0 Å². The fourth-order valence-electron chi connectivity index (χ4n) is 2.22. The third kappa shape index (κ3) is 3.53. The number of ether oxygens (including phenoxy) is 1. The Balaban J connectivity index is 2.01. The van der Waals surface area contributed by atoms with Crippen LogP contribution in [0.2, 0.25) is 0 Å². The van der Waals surface area contributed by atoms with E-state index in [0.717, 1.165) is 19.7 Å². The monoisotopic (exact) mass is 235 g/mol. The number of aliphatic hydroxyl groups excluding tert-OH is 1. The molecule has 1 aromatic rings. The Labute approximate surface area is 103 Å². The van der Waals surface area contributed by atoms with Gasteiger partial charge in [-0.25, -0.2) is 0 Å². The maximum Gasteiger partial charge on any atom is 0.0619 e. The number of benzene rings is 1. The van der Waals surface area contributed by atoms with Gasteiger partial charge in [-0.05, 0) is 12.5 Å². The highest BCUT2D eigenvalue weighted by Gasteiger charge is 2.23. The molecule has 0 radical (unpaired) electrons. The van der Waals surface area contributed by atoms with Gasteiger partial charge in [-0.2, -0.15) is 0 Å². The van der Waals surface area contributed by atoms with Crippen molar-refractivity contribution in [2.24, 2.45) is 5.92 Å². The molecule has 17 heavy (non-hydrogen) atoms. The molecule has 0 aliphatic carbocycles. The van der Waals surface area contributed by atoms with E-state index in [-0.39, 0.29) is 12.5 Å². The summed E-state index contributed by atoms with van der Waals surface area (Å²) in [5.41, 5.74) is 1.32. The number of hydrogen-bond acceptors (Lipinski definition) is 3. The Hall–Kier alpha value is -0.900. The molecule has 0 spiro atoms. The van der Waals surface area contributed by atoms with E-state index in [1.807, 2.05) is 6.07 Å². The van der Waals surface area contributed by atoms with Gasteiger partial charge in [-0.15, -0.1) is 0 Å². The fourth-order valence-corrected chi connectivity index (χ4v) is 2.22. The summed E-state index contributed by atoms with van der Waals surface area (Å²) in [5.74, 6) is 0.240. The summed E-state index contributed by atoms with van der Waals surface area (Å²) in [5, 5.41) is 9.28. The average molecular weight is 235 g/mol. The first-order chi connectivity index (χ1) is 8.29. The number of aliphatic hydroxyl groups is 1. The minimum atomic E-state index is 0.206. The van der Waals surface area contributed by atoms with E-state index < -0.39 is 0 Å². The lowest BCUT2D eigenvalue weighted by Crippen LogP contribution is -2.37. The van der Waals surface area contributed by atoms with Crippen LogP contribution < -0.4 is 0 Å². The lowest BCUT2D eigenvalue weighted by molar-refractivity contribution is 0.0862. The minimum absolute atomic E-state index is 0.206. The van der Waals surface area contributed by atoms with Crippen LogP contribution in [0.3, 0.4) is 0 Å². The molecule has 3 heteroatoms. The molecule has 0 aromatic heterocycles. The van der Waals surface area contributed by atoms with Crippen LogP contribution in [0.15, 0.2) is 30.3 Å². The molecule has 2 unspecified atom stereocenters. The van der Waals surface area contributed by atoms with E-state index in [2.05, 4.69) is 36.1 Å². The van der Waals surface area contributed by atoms with Gasteiger partial charge in [-0.1, -0.05) is 30.3 Å². The average Bonchev–Trinajstić information content (AvgIpc) is 2.53. The molecule has 1 heterocycles. The van der Waals surface area contributed by atoms with Gasteiger partial charge in [0, 0.05) is 31.7 Å². The number of hydrogen-bond donors (Lipinski definition) is 1. The van der Waals surface area contributed by atoms with Crippen LogP contribution in [0.5, 0.6) is 0 Å². The molecule has 1 N–H and O–H groups in total. The molecule has 0 amide bonds. The standard InChI is InChI=1S/C14H21NO2/c1-12-10-17-11-14(9-16)8-15(12)7-13-5-3-2-4-6-13/h2-6,12,14,16H,7-11H2,1H3. The highest BCUT2D eigenvalue weighted by Crippen LogP contribution is 2.15. The zero-order chi connectivity index (χ0) is 12.1. The normalized spacial score (nSPS) is 26.7. The highest BCUT2D eigenvalue weighted by molar-refractivity contribution is 5.14. The van der Waals surface area contributed by atoms with Crippen LogP contribution in [0.1, 0.15) is 12.5 Å². The van der Waals surface area contributed by atoms with Crippen molar-refractivity contribution in [3.63, 3.8) is 0 Å². The molecular formula is C14H21NO2. The predicted molar refractivity (Wildman–Crippen MR) is 67.7 cm³/mol. The van der Waals surface area contributed by atoms with E-state index in [0.29, 0.717) is 12.6 Å². The lowest BCUT2D eigenvalue weighted by atomic mass is 10.1. The quantitative estimate of drug-likeness (QED) is 0.862. The predicted octanol–water partition coefficient (Wildman–Crippen LogP) is 1.52. The van der Waals surface area contributed by atoms with Crippen molar-refractivity contribution in [1.82, 2.24) is 4.90 Å². The third-order valence-electron chi connectivity index (χ3n) is 3.32. The van der Waals surface area contributed by atoms with Crippen LogP contribution in [-0.4, -0.2) is 42.4 Å². The zero-order valence-corrected chi connectivity index (χ0v) is 10.4. The first-order valence-electron chi connectivity index (χ1n) is 6.26. The first kappa shape index (κ1) is 12.6. The Bertz CT molecular complexity index is 328. The van der Waals surface area contributed by atoms with Gasteiger partial charge >= 0.3 is 0 Å². The fraction of sp³-hybridized carbons (Fsp3) is 0.571. The van der Waals surface area contributed by atoms with Gasteiger partial charge in [-0.3, -0.25) is 4.90 Å². The van der Waals surface area contributed by atoms with Gasteiger partial charge in [0.15, 0.2) is 0 Å². The molecule has 1 saturated heterocycles. The molecule has 1 aromatic carbocycles. The summed E-state index contributed by atoms with van der Waals surface area (Å²) in [6.45, 7) is 5.66. The SMILES string of the molecule is CC1COCC(CO)CN1Cc1ccccc1. The third-order valence-corrected chi connectivity index (χ3v) is 3.32. The summed E-state index contributed by atoms with van der Waals surface area (Å²) >= 11 is 0. The zero-order valence-electron chi connectivity index (χ0n) is 10.4. The summed E-state index contributed by atoms with van der Waals surface area (Å²) in [7, 11) is 0. The van der Waals surface area contributed by atoms with Crippen LogP contribution >= 0.6 is 0 Å².